The van der Waals surface area contributed by atoms with Gasteiger partial charge in [-0.1, -0.05) is 31.0 Å². The van der Waals surface area contributed by atoms with Gasteiger partial charge in [0.1, 0.15) is 0 Å². The minimum atomic E-state index is 0.313. The summed E-state index contributed by atoms with van der Waals surface area (Å²) >= 11 is 6.52. The van der Waals surface area contributed by atoms with Gasteiger partial charge in [-0.05, 0) is 63.3 Å². The smallest absolute Gasteiger partial charge is 0.0474 e. The van der Waals surface area contributed by atoms with Crippen LogP contribution in [0.3, 0.4) is 0 Å². The Labute approximate surface area is 134 Å². The molecule has 0 heterocycles. The largest absolute Gasteiger partial charge is 0.371 e. The third-order valence-electron chi connectivity index (χ3n) is 4.60. The summed E-state index contributed by atoms with van der Waals surface area (Å²) in [7, 11) is 0. The van der Waals surface area contributed by atoms with Gasteiger partial charge in [0, 0.05) is 29.8 Å². The first kappa shape index (κ1) is 16.6. The lowest BCUT2D eigenvalue weighted by Crippen LogP contribution is -2.32. The Hall–Kier alpha value is -0.730. The summed E-state index contributed by atoms with van der Waals surface area (Å²) in [6.07, 6.45) is 5.33. The van der Waals surface area contributed by atoms with E-state index in [1.807, 2.05) is 0 Å². The van der Waals surface area contributed by atoms with Crippen LogP contribution < -0.4 is 10.2 Å². The number of benzene rings is 1. The van der Waals surface area contributed by atoms with E-state index in [1.165, 1.54) is 37.1 Å². The van der Waals surface area contributed by atoms with E-state index < -0.39 is 0 Å². The van der Waals surface area contributed by atoms with Crippen LogP contribution in [0.1, 0.15) is 58.1 Å². The Morgan fingerprint density at radius 3 is 2.62 bits per heavy atom. The first-order valence-electron chi connectivity index (χ1n) is 8.43. The fourth-order valence-electron chi connectivity index (χ4n) is 2.94. The fourth-order valence-corrected chi connectivity index (χ4v) is 3.28. The summed E-state index contributed by atoms with van der Waals surface area (Å²) in [5.74, 6) is 0.883. The molecule has 2 nitrogen and oxygen atoms in total. The van der Waals surface area contributed by atoms with Gasteiger partial charge >= 0.3 is 0 Å². The number of halogens is 1. The van der Waals surface area contributed by atoms with Crippen LogP contribution in [-0.4, -0.2) is 19.6 Å². The summed E-state index contributed by atoms with van der Waals surface area (Å²) in [6.45, 7) is 9.85. The second-order valence-electron chi connectivity index (χ2n) is 6.22. The highest BCUT2D eigenvalue weighted by Gasteiger charge is 2.20. The Balaban J connectivity index is 2.05. The lowest BCUT2D eigenvalue weighted by atomic mass is 9.85. The van der Waals surface area contributed by atoms with Gasteiger partial charge < -0.3 is 10.2 Å². The van der Waals surface area contributed by atoms with Gasteiger partial charge in [0.15, 0.2) is 0 Å². The topological polar surface area (TPSA) is 15.3 Å². The third-order valence-corrected chi connectivity index (χ3v) is 4.93. The first-order valence-corrected chi connectivity index (χ1v) is 8.81. The van der Waals surface area contributed by atoms with Crippen LogP contribution >= 0.6 is 11.6 Å². The Morgan fingerprint density at radius 2 is 2.10 bits per heavy atom. The molecule has 21 heavy (non-hydrogen) atoms. The molecule has 1 aromatic rings. The summed E-state index contributed by atoms with van der Waals surface area (Å²) < 4.78 is 0. The van der Waals surface area contributed by atoms with Gasteiger partial charge in [-0.2, -0.15) is 0 Å². The monoisotopic (exact) mass is 308 g/mol. The quantitative estimate of drug-likeness (QED) is 0.725. The lowest BCUT2D eigenvalue weighted by Gasteiger charge is -2.33. The highest BCUT2D eigenvalue weighted by atomic mass is 35.5. The molecule has 1 aliphatic rings. The molecule has 1 aliphatic carbocycles. The normalized spacial score (nSPS) is 16.6. The minimum Gasteiger partial charge on any atom is -0.371 e. The lowest BCUT2D eigenvalue weighted by molar-refractivity contribution is 0.318. The van der Waals surface area contributed by atoms with Crippen molar-refractivity contribution in [1.29, 1.82) is 0 Å². The van der Waals surface area contributed by atoms with E-state index in [4.69, 9.17) is 11.6 Å². The Bertz CT molecular complexity index is 443. The van der Waals surface area contributed by atoms with E-state index in [1.54, 1.807) is 0 Å². The number of nitrogens with one attached hydrogen (secondary N) is 1. The number of hydrogen-bond acceptors (Lipinski definition) is 2. The molecule has 1 atom stereocenters. The maximum Gasteiger partial charge on any atom is 0.0474 e. The Kier molecular flexibility index (Phi) is 6.38. The van der Waals surface area contributed by atoms with Gasteiger partial charge in [0.2, 0.25) is 0 Å². The average molecular weight is 309 g/mol. The van der Waals surface area contributed by atoms with E-state index in [-0.39, 0.29) is 0 Å². The molecule has 1 aromatic carbocycles. The highest BCUT2D eigenvalue weighted by molar-refractivity contribution is 6.31. The zero-order valence-electron chi connectivity index (χ0n) is 13.7. The van der Waals surface area contributed by atoms with Crippen molar-refractivity contribution in [3.05, 3.63) is 28.8 Å². The first-order chi connectivity index (χ1) is 10.2. The van der Waals surface area contributed by atoms with Crippen molar-refractivity contribution in [1.82, 2.24) is 5.32 Å². The van der Waals surface area contributed by atoms with Crippen LogP contribution in [0.5, 0.6) is 0 Å². The van der Waals surface area contributed by atoms with Crippen molar-refractivity contribution in [2.45, 2.75) is 52.5 Å². The zero-order valence-corrected chi connectivity index (χ0v) is 14.4. The predicted octanol–water partition coefficient (Wildman–Crippen LogP) is 5.03. The molecular formula is C18H29ClN2. The van der Waals surface area contributed by atoms with Gasteiger partial charge in [-0.15, -0.1) is 0 Å². The molecule has 0 amide bonds. The van der Waals surface area contributed by atoms with Crippen molar-refractivity contribution < 1.29 is 0 Å². The Morgan fingerprint density at radius 1 is 1.33 bits per heavy atom. The van der Waals surface area contributed by atoms with Crippen molar-refractivity contribution in [3.63, 3.8) is 0 Å². The molecule has 1 unspecified atom stereocenters. The molecule has 0 aliphatic heterocycles. The van der Waals surface area contributed by atoms with Gasteiger partial charge in [0.25, 0.3) is 0 Å². The van der Waals surface area contributed by atoms with E-state index >= 15 is 0 Å². The van der Waals surface area contributed by atoms with Crippen LogP contribution in [0.2, 0.25) is 5.02 Å². The van der Waals surface area contributed by atoms with Crippen LogP contribution in [0.4, 0.5) is 5.69 Å². The maximum absolute atomic E-state index is 6.52. The van der Waals surface area contributed by atoms with Gasteiger partial charge in [0.05, 0.1) is 0 Å². The summed E-state index contributed by atoms with van der Waals surface area (Å²) in [4.78, 5) is 2.46. The number of nitrogens with zero attached hydrogens (tertiary/aromatic N) is 1. The number of rotatable bonds is 8. The average Bonchev–Trinajstić information content (AvgIpc) is 2.43. The standard InChI is InChI=1S/C18H29ClN2/c1-4-11-20-14(3)17-10-9-16(12-18(17)19)21(5-2)13-15-7-6-8-15/h9-10,12,14-15,20H,4-8,11,13H2,1-3H3. The summed E-state index contributed by atoms with van der Waals surface area (Å²) in [5.41, 5.74) is 2.47. The second kappa shape index (κ2) is 8.05. The molecule has 3 heteroatoms. The van der Waals surface area contributed by atoms with Gasteiger partial charge in [-0.25, -0.2) is 0 Å². The number of hydrogen-bond donors (Lipinski definition) is 1. The summed E-state index contributed by atoms with van der Waals surface area (Å²) in [6, 6.07) is 6.87. The molecule has 118 valence electrons. The van der Waals surface area contributed by atoms with E-state index in [0.717, 1.165) is 30.5 Å². The van der Waals surface area contributed by atoms with Crippen LogP contribution in [0.15, 0.2) is 18.2 Å². The molecule has 0 aromatic heterocycles. The highest BCUT2D eigenvalue weighted by Crippen LogP contribution is 2.31. The van der Waals surface area contributed by atoms with Crippen LogP contribution in [-0.2, 0) is 0 Å². The number of anilines is 1. The van der Waals surface area contributed by atoms with Crippen molar-refractivity contribution >= 4 is 17.3 Å². The van der Waals surface area contributed by atoms with Crippen LogP contribution in [0.25, 0.3) is 0 Å². The van der Waals surface area contributed by atoms with Gasteiger partial charge in [-0.3, -0.25) is 0 Å². The van der Waals surface area contributed by atoms with E-state index in [0.29, 0.717) is 6.04 Å². The third kappa shape index (κ3) is 4.37. The minimum absolute atomic E-state index is 0.313. The molecular weight excluding hydrogens is 280 g/mol. The SMILES string of the molecule is CCCNC(C)c1ccc(N(CC)CC2CCC2)cc1Cl. The molecule has 1 fully saturated rings. The van der Waals surface area contributed by atoms with E-state index in [9.17, 15) is 0 Å². The molecule has 0 bridgehead atoms. The molecule has 2 rings (SSSR count). The predicted molar refractivity (Wildman–Crippen MR) is 93.4 cm³/mol. The molecule has 0 radical (unpaired) electrons. The fraction of sp³-hybridized carbons (Fsp3) is 0.667. The molecule has 1 N–H and O–H groups in total. The van der Waals surface area contributed by atoms with E-state index in [2.05, 4.69) is 49.2 Å². The second-order valence-corrected chi connectivity index (χ2v) is 6.62. The van der Waals surface area contributed by atoms with Crippen LogP contribution in [0, 0.1) is 5.92 Å². The van der Waals surface area contributed by atoms with Crippen molar-refractivity contribution in [2.24, 2.45) is 5.92 Å². The summed E-state index contributed by atoms with van der Waals surface area (Å²) in [5, 5.41) is 4.39. The van der Waals surface area contributed by atoms with Crippen molar-refractivity contribution in [2.75, 3.05) is 24.5 Å². The molecule has 1 saturated carbocycles. The molecule has 0 spiro atoms. The zero-order chi connectivity index (χ0) is 15.2. The maximum atomic E-state index is 6.52. The molecule has 0 saturated heterocycles. The van der Waals surface area contributed by atoms with Crippen molar-refractivity contribution in [3.8, 4) is 0 Å².